The Bertz CT molecular complexity index is 710. The van der Waals surface area contributed by atoms with Crippen molar-refractivity contribution in [3.63, 3.8) is 0 Å². The Morgan fingerprint density at radius 1 is 1.40 bits per heavy atom. The number of nitrogens with two attached hydrogens (primary N) is 1. The summed E-state index contributed by atoms with van der Waals surface area (Å²) in [7, 11) is -2.09. The predicted octanol–water partition coefficient (Wildman–Crippen LogP) is 0.726. The van der Waals surface area contributed by atoms with E-state index in [4.69, 9.17) is 18.0 Å². The minimum absolute atomic E-state index is 0.0589. The molecule has 0 radical (unpaired) electrons. The van der Waals surface area contributed by atoms with Gasteiger partial charge in [0.25, 0.3) is 0 Å². The summed E-state index contributed by atoms with van der Waals surface area (Å²) >= 11 is 4.95. The van der Waals surface area contributed by atoms with Gasteiger partial charge in [-0.3, -0.25) is 4.68 Å². The average molecular weight is 310 g/mol. The highest BCUT2D eigenvalue weighted by molar-refractivity contribution is 7.89. The molecule has 8 heteroatoms. The molecular weight excluding hydrogens is 296 g/mol. The molecule has 1 heterocycles. The lowest BCUT2D eigenvalue weighted by molar-refractivity contribution is 0.577. The highest BCUT2D eigenvalue weighted by Crippen LogP contribution is 2.17. The normalized spacial score (nSPS) is 13.1. The lowest BCUT2D eigenvalue weighted by Gasteiger charge is -2.17. The second-order valence-electron chi connectivity index (χ2n) is 4.22. The molecule has 2 rings (SSSR count). The van der Waals surface area contributed by atoms with Gasteiger partial charge < -0.3 is 5.73 Å². The van der Waals surface area contributed by atoms with Crippen LogP contribution in [-0.4, -0.2) is 23.2 Å². The van der Waals surface area contributed by atoms with Crippen LogP contribution in [0.1, 0.15) is 11.6 Å². The molecule has 106 valence electrons. The molecule has 3 N–H and O–H groups in total. The average Bonchev–Trinajstić information content (AvgIpc) is 2.84. The van der Waals surface area contributed by atoms with E-state index in [-0.39, 0.29) is 9.88 Å². The van der Waals surface area contributed by atoms with Gasteiger partial charge in [-0.05, 0) is 5.56 Å². The van der Waals surface area contributed by atoms with Gasteiger partial charge in [0, 0.05) is 13.2 Å². The molecule has 6 nitrogen and oxygen atoms in total. The van der Waals surface area contributed by atoms with Gasteiger partial charge in [0.05, 0.1) is 17.2 Å². The maximum absolute atomic E-state index is 12.3. The summed E-state index contributed by atoms with van der Waals surface area (Å²) < 4.78 is 28.4. The largest absolute Gasteiger partial charge is 0.392 e. The quantitative estimate of drug-likeness (QED) is 0.795. The molecule has 0 amide bonds. The summed E-state index contributed by atoms with van der Waals surface area (Å²) in [5.74, 6) is 0. The number of sulfonamides is 1. The molecule has 0 saturated heterocycles. The van der Waals surface area contributed by atoms with E-state index in [1.54, 1.807) is 31.3 Å². The smallest absolute Gasteiger partial charge is 0.244 e. The van der Waals surface area contributed by atoms with Crippen molar-refractivity contribution in [3.05, 3.63) is 48.3 Å². The van der Waals surface area contributed by atoms with Crippen LogP contribution in [0.2, 0.25) is 0 Å². The minimum Gasteiger partial charge on any atom is -0.392 e. The minimum atomic E-state index is -3.73. The summed E-state index contributed by atoms with van der Waals surface area (Å²) in [5.41, 5.74) is 6.33. The van der Waals surface area contributed by atoms with E-state index in [9.17, 15) is 8.42 Å². The standard InChI is InChI=1S/C12H14N4O2S2/c1-16-8-10(7-14-16)20(17,18)15-11(12(13)19)9-5-3-2-4-6-9/h2-8,11,15H,1H3,(H2,13,19). The van der Waals surface area contributed by atoms with E-state index < -0.39 is 16.1 Å². The molecule has 20 heavy (non-hydrogen) atoms. The van der Waals surface area contributed by atoms with E-state index >= 15 is 0 Å². The third kappa shape index (κ3) is 3.21. The molecule has 0 bridgehead atoms. The van der Waals surface area contributed by atoms with E-state index in [0.717, 1.165) is 0 Å². The number of nitrogens with one attached hydrogen (secondary N) is 1. The molecule has 0 aliphatic carbocycles. The number of hydrogen-bond donors (Lipinski definition) is 2. The van der Waals surface area contributed by atoms with Gasteiger partial charge in [-0.1, -0.05) is 42.5 Å². The Balaban J connectivity index is 2.32. The van der Waals surface area contributed by atoms with E-state index in [2.05, 4.69) is 9.82 Å². The Morgan fingerprint density at radius 2 is 2.05 bits per heavy atom. The fourth-order valence-electron chi connectivity index (χ4n) is 1.70. The van der Waals surface area contributed by atoms with Crippen molar-refractivity contribution in [2.24, 2.45) is 12.8 Å². The van der Waals surface area contributed by atoms with Crippen molar-refractivity contribution < 1.29 is 8.42 Å². The second-order valence-corrected chi connectivity index (χ2v) is 6.40. The Labute approximate surface area is 122 Å². The summed E-state index contributed by atoms with van der Waals surface area (Å²) in [6, 6.07) is 8.18. The third-order valence-corrected chi connectivity index (χ3v) is 4.30. The summed E-state index contributed by atoms with van der Waals surface area (Å²) in [5, 5.41) is 3.84. The third-order valence-electron chi connectivity index (χ3n) is 2.68. The van der Waals surface area contributed by atoms with Gasteiger partial charge in [-0.15, -0.1) is 0 Å². The summed E-state index contributed by atoms with van der Waals surface area (Å²) in [4.78, 5) is 0.126. The van der Waals surface area contributed by atoms with Crippen molar-refractivity contribution in [1.29, 1.82) is 0 Å². The first-order valence-corrected chi connectivity index (χ1v) is 7.64. The molecule has 2 aromatic rings. The maximum Gasteiger partial charge on any atom is 0.244 e. The first-order valence-electron chi connectivity index (χ1n) is 5.75. The van der Waals surface area contributed by atoms with Crippen molar-refractivity contribution >= 4 is 27.2 Å². The second kappa shape index (κ2) is 5.70. The van der Waals surface area contributed by atoms with Crippen molar-refractivity contribution in [3.8, 4) is 0 Å². The number of nitrogens with zero attached hydrogens (tertiary/aromatic N) is 2. The number of thiocarbonyl (C=S) groups is 1. The van der Waals surface area contributed by atoms with Crippen LogP contribution in [0.15, 0.2) is 47.6 Å². The summed E-state index contributed by atoms with van der Waals surface area (Å²) in [6.07, 6.45) is 2.67. The highest BCUT2D eigenvalue weighted by Gasteiger charge is 2.24. The van der Waals surface area contributed by atoms with Crippen molar-refractivity contribution in [2.75, 3.05) is 0 Å². The number of benzene rings is 1. The van der Waals surface area contributed by atoms with E-state index in [1.165, 1.54) is 17.1 Å². The molecule has 0 aliphatic heterocycles. The monoisotopic (exact) mass is 310 g/mol. The Hall–Kier alpha value is -1.77. The van der Waals surface area contributed by atoms with Crippen LogP contribution in [0.5, 0.6) is 0 Å². The predicted molar refractivity (Wildman–Crippen MR) is 79.5 cm³/mol. The highest BCUT2D eigenvalue weighted by atomic mass is 32.2. The van der Waals surface area contributed by atoms with E-state index in [1.807, 2.05) is 6.07 Å². The van der Waals surface area contributed by atoms with Gasteiger partial charge in [-0.25, -0.2) is 8.42 Å². The zero-order valence-corrected chi connectivity index (χ0v) is 12.4. The molecule has 0 aliphatic rings. The lowest BCUT2D eigenvalue weighted by Crippen LogP contribution is -2.36. The SMILES string of the molecule is Cn1cc(S(=O)(=O)NC(C(N)=S)c2ccccc2)cn1. The Morgan fingerprint density at radius 3 is 2.55 bits per heavy atom. The fourth-order valence-corrected chi connectivity index (χ4v) is 3.15. The van der Waals surface area contributed by atoms with E-state index in [0.29, 0.717) is 5.56 Å². The molecule has 1 unspecified atom stereocenters. The molecule has 0 fully saturated rings. The van der Waals surface area contributed by atoms with Crippen LogP contribution in [0.4, 0.5) is 0 Å². The fraction of sp³-hybridized carbons (Fsp3) is 0.167. The van der Waals surface area contributed by atoms with Gasteiger partial charge in [0.2, 0.25) is 10.0 Å². The van der Waals surface area contributed by atoms with Crippen molar-refractivity contribution in [2.45, 2.75) is 10.9 Å². The number of aryl methyl sites for hydroxylation is 1. The molecule has 1 aromatic heterocycles. The zero-order valence-electron chi connectivity index (χ0n) is 10.7. The van der Waals surface area contributed by atoms with Crippen LogP contribution in [0.25, 0.3) is 0 Å². The zero-order chi connectivity index (χ0) is 14.8. The first-order chi connectivity index (χ1) is 9.40. The molecule has 1 atom stereocenters. The molecule has 0 saturated carbocycles. The number of hydrogen-bond acceptors (Lipinski definition) is 4. The van der Waals surface area contributed by atoms with Crippen LogP contribution >= 0.6 is 12.2 Å². The lowest BCUT2D eigenvalue weighted by atomic mass is 10.1. The van der Waals surface area contributed by atoms with Crippen molar-refractivity contribution in [1.82, 2.24) is 14.5 Å². The van der Waals surface area contributed by atoms with Crippen LogP contribution in [0, 0.1) is 0 Å². The summed E-state index contributed by atoms with van der Waals surface area (Å²) in [6.45, 7) is 0. The van der Waals surface area contributed by atoms with Gasteiger partial charge in [-0.2, -0.15) is 9.82 Å². The van der Waals surface area contributed by atoms with Gasteiger partial charge >= 0.3 is 0 Å². The maximum atomic E-state index is 12.3. The number of aromatic nitrogens is 2. The van der Waals surface area contributed by atoms with Gasteiger partial charge in [0.1, 0.15) is 4.90 Å². The topological polar surface area (TPSA) is 90.0 Å². The first kappa shape index (κ1) is 14.6. The van der Waals surface area contributed by atoms with Crippen LogP contribution < -0.4 is 10.5 Å². The molecular formula is C12H14N4O2S2. The van der Waals surface area contributed by atoms with Crippen LogP contribution in [0.3, 0.4) is 0 Å². The Kier molecular flexibility index (Phi) is 4.17. The van der Waals surface area contributed by atoms with Gasteiger partial charge in [0.15, 0.2) is 0 Å². The molecule has 1 aromatic carbocycles. The van der Waals surface area contributed by atoms with Crippen LogP contribution in [-0.2, 0) is 17.1 Å². The number of rotatable bonds is 5. The molecule has 0 spiro atoms.